The molecule has 0 unspecified atom stereocenters. The van der Waals surface area contributed by atoms with Gasteiger partial charge < -0.3 is 0 Å². The monoisotopic (exact) mass is 224 g/mol. The van der Waals surface area contributed by atoms with Crippen LogP contribution in [0.1, 0.15) is 0 Å². The Morgan fingerprint density at radius 3 is 1.12 bits per heavy atom. The van der Waals surface area contributed by atoms with Crippen molar-refractivity contribution in [1.82, 2.24) is 0 Å². The van der Waals surface area contributed by atoms with Crippen molar-refractivity contribution in [2.24, 2.45) is 0 Å². The molecule has 0 aliphatic heterocycles. The summed E-state index contributed by atoms with van der Waals surface area (Å²) in [5.74, 6) is 0. The molecule has 0 aliphatic rings. The zero-order chi connectivity index (χ0) is 4.50. The Labute approximate surface area is 103 Å². The molecule has 8 heavy (non-hydrogen) atoms. The summed E-state index contributed by atoms with van der Waals surface area (Å²) in [5, 5.41) is 0. The van der Waals surface area contributed by atoms with E-state index in [0.717, 1.165) is 0 Å². The van der Waals surface area contributed by atoms with Crippen LogP contribution >= 0.6 is 0 Å². The van der Waals surface area contributed by atoms with Crippen molar-refractivity contribution in [3.05, 3.63) is 0 Å². The molecule has 0 saturated heterocycles. The first-order valence-corrected chi connectivity index (χ1v) is 2.10. The maximum absolute atomic E-state index is 8.74. The summed E-state index contributed by atoms with van der Waals surface area (Å²) in [6, 6.07) is 0. The number of hydrogen-bond acceptors (Lipinski definition) is 2. The van der Waals surface area contributed by atoms with Crippen LogP contribution in [0.2, 0.25) is 0 Å². The molecule has 50 valence electrons. The van der Waals surface area contributed by atoms with Crippen molar-refractivity contribution in [1.29, 1.82) is 0 Å². The van der Waals surface area contributed by atoms with Gasteiger partial charge in [0.05, 0.1) is 0 Å². The third kappa shape index (κ3) is 80.2. The number of rotatable bonds is 0. The van der Waals surface area contributed by atoms with E-state index in [1.54, 1.807) is 0 Å². The standard InChI is InChI=1S/Ca.Mg.Ni.H2O4S.4H/c;;;1-5(2,3)4;;;;/h;;;(H2,1,2,3,4);;;;. The summed E-state index contributed by atoms with van der Waals surface area (Å²) in [5.41, 5.74) is 0. The molecule has 0 fully saturated rings. The molecule has 4 nitrogen and oxygen atoms in total. The van der Waals surface area contributed by atoms with Crippen LogP contribution in [0, 0.1) is 0 Å². The minimum Gasteiger partial charge on any atom is 0 e. The summed E-state index contributed by atoms with van der Waals surface area (Å²) in [6.45, 7) is 0. The van der Waals surface area contributed by atoms with Crippen LogP contribution < -0.4 is 0 Å². The summed E-state index contributed by atoms with van der Waals surface area (Å²) < 4.78 is 31.6. The van der Waals surface area contributed by atoms with Gasteiger partial charge in [-0.3, -0.25) is 9.11 Å². The molecule has 0 atom stereocenters. The zero-order valence-electron chi connectivity index (χ0n) is 2.44. The molecule has 2 N–H and O–H groups in total. The zero-order valence-corrected chi connectivity index (χ0v) is 4.24. The average molecular weight is 225 g/mol. The Morgan fingerprint density at radius 1 is 1.12 bits per heavy atom. The van der Waals surface area contributed by atoms with E-state index < -0.39 is 10.4 Å². The van der Waals surface area contributed by atoms with Gasteiger partial charge in [-0.1, -0.05) is 0 Å². The second kappa shape index (κ2) is 9.39. The Morgan fingerprint density at radius 2 is 1.12 bits per heavy atom. The van der Waals surface area contributed by atoms with E-state index in [1.165, 1.54) is 0 Å². The van der Waals surface area contributed by atoms with E-state index in [-0.39, 0.29) is 77.3 Å². The van der Waals surface area contributed by atoms with Crippen LogP contribution in [0.25, 0.3) is 0 Å². The molecule has 0 aliphatic carbocycles. The molecule has 8 heteroatoms. The van der Waals surface area contributed by atoms with Crippen molar-refractivity contribution in [3.63, 3.8) is 0 Å². The minimum absolute atomic E-state index is 0. The molecule has 0 heterocycles. The minimum atomic E-state index is -4.67. The van der Waals surface area contributed by atoms with Gasteiger partial charge in [0.1, 0.15) is 0 Å². The van der Waals surface area contributed by atoms with E-state index in [4.69, 9.17) is 17.5 Å². The fourth-order valence-electron chi connectivity index (χ4n) is 0. The van der Waals surface area contributed by atoms with Gasteiger partial charge in [-0.05, 0) is 0 Å². The van der Waals surface area contributed by atoms with Crippen LogP contribution in [-0.2, 0) is 26.9 Å². The van der Waals surface area contributed by atoms with Crippen molar-refractivity contribution in [2.75, 3.05) is 0 Å². The molecule has 0 aromatic carbocycles. The molecular formula is H6CaMgNiO4S. The van der Waals surface area contributed by atoms with Crippen molar-refractivity contribution in [2.45, 2.75) is 0 Å². The van der Waals surface area contributed by atoms with Gasteiger partial charge in [0.2, 0.25) is 0 Å². The summed E-state index contributed by atoms with van der Waals surface area (Å²) in [7, 11) is -4.67. The summed E-state index contributed by atoms with van der Waals surface area (Å²) >= 11 is 0. The van der Waals surface area contributed by atoms with Gasteiger partial charge in [-0.15, -0.1) is 0 Å². The second-order valence-corrected chi connectivity index (χ2v) is 1.34. The second-order valence-electron chi connectivity index (χ2n) is 0.448. The number of hydrogen-bond donors (Lipinski definition) is 2. The molecular weight excluding hydrogens is 219 g/mol. The topological polar surface area (TPSA) is 74.6 Å². The largest absolute Gasteiger partial charge is 0.316 e. The first kappa shape index (κ1) is 22.4. The SMILES string of the molecule is O=S(=O)(O)O.[CaH2].[MgH2].[Ni]. The quantitative estimate of drug-likeness (QED) is 0.353. The van der Waals surface area contributed by atoms with E-state index in [2.05, 4.69) is 0 Å². The molecule has 0 radical (unpaired) electrons. The van der Waals surface area contributed by atoms with Crippen molar-refractivity contribution < 1.29 is 34.0 Å². The molecule has 0 rings (SSSR count). The van der Waals surface area contributed by atoms with Crippen LogP contribution in [0.3, 0.4) is 0 Å². The van der Waals surface area contributed by atoms with Gasteiger partial charge in [0.15, 0.2) is 0 Å². The van der Waals surface area contributed by atoms with Gasteiger partial charge in [-0.25, -0.2) is 0 Å². The first-order chi connectivity index (χ1) is 2.00. The Kier molecular flexibility index (Phi) is 26.3. The molecule has 0 aromatic heterocycles. The van der Waals surface area contributed by atoms with E-state index in [1.807, 2.05) is 0 Å². The van der Waals surface area contributed by atoms with E-state index in [9.17, 15) is 0 Å². The Bertz CT molecular complexity index is 99.2. The van der Waals surface area contributed by atoms with Gasteiger partial charge in [-0.2, -0.15) is 8.42 Å². The fraction of sp³-hybridized carbons (Fsp3) is 0. The average Bonchev–Trinajstić information content (AvgIpc) is 0.722. The van der Waals surface area contributed by atoms with Gasteiger partial charge >= 0.3 is 71.2 Å². The summed E-state index contributed by atoms with van der Waals surface area (Å²) in [4.78, 5) is 0. The third-order valence-corrected chi connectivity index (χ3v) is 0. The van der Waals surface area contributed by atoms with Crippen LogP contribution in [0.4, 0.5) is 0 Å². The van der Waals surface area contributed by atoms with Gasteiger partial charge in [0, 0.05) is 16.5 Å². The van der Waals surface area contributed by atoms with Crippen molar-refractivity contribution in [3.8, 4) is 0 Å². The predicted molar refractivity (Wildman–Crippen MR) is 31.3 cm³/mol. The van der Waals surface area contributed by atoms with Gasteiger partial charge in [0.25, 0.3) is 0 Å². The predicted octanol–water partition coefficient (Wildman–Crippen LogP) is -2.49. The Balaban J connectivity index is -0.0000000267. The van der Waals surface area contributed by atoms with Crippen LogP contribution in [-0.4, -0.2) is 78.3 Å². The van der Waals surface area contributed by atoms with Crippen LogP contribution in [0.5, 0.6) is 0 Å². The molecule has 0 aromatic rings. The molecule has 0 amide bonds. The molecule has 0 saturated carbocycles. The normalized spacial score (nSPS) is 7.25. The maximum atomic E-state index is 8.74. The third-order valence-electron chi connectivity index (χ3n) is 0. The van der Waals surface area contributed by atoms with Crippen molar-refractivity contribution >= 4 is 71.2 Å². The van der Waals surface area contributed by atoms with Crippen LogP contribution in [0.15, 0.2) is 0 Å². The van der Waals surface area contributed by atoms with E-state index >= 15 is 0 Å². The smallest absolute Gasteiger partial charge is 0 e. The maximum Gasteiger partial charge on any atom is 0.316 e. The first-order valence-electron chi connectivity index (χ1n) is 0.698. The van der Waals surface area contributed by atoms with E-state index in [0.29, 0.717) is 0 Å². The summed E-state index contributed by atoms with van der Waals surface area (Å²) in [6.07, 6.45) is 0. The fourth-order valence-corrected chi connectivity index (χ4v) is 0. The Hall–Kier alpha value is 2.39. The molecule has 0 spiro atoms. The molecule has 0 bridgehead atoms.